The maximum Gasteiger partial charge on any atom is 0.236 e. The van der Waals surface area contributed by atoms with E-state index in [0.717, 1.165) is 12.8 Å². The molecule has 5 nitrogen and oxygen atoms in total. The Balaban J connectivity index is 1.54. The van der Waals surface area contributed by atoms with E-state index in [1.807, 2.05) is 0 Å². The number of amides is 1. The highest BCUT2D eigenvalue weighted by atomic mass is 32.2. The lowest BCUT2D eigenvalue weighted by molar-refractivity contribution is -0.133. The van der Waals surface area contributed by atoms with Crippen molar-refractivity contribution in [1.29, 1.82) is 0 Å². The quantitative estimate of drug-likeness (QED) is 0.712. The van der Waals surface area contributed by atoms with E-state index in [1.165, 1.54) is 22.3 Å². The third-order valence-corrected chi connectivity index (χ3v) is 8.29. The number of sulfone groups is 1. The van der Waals surface area contributed by atoms with Crippen molar-refractivity contribution in [2.45, 2.75) is 44.8 Å². The van der Waals surface area contributed by atoms with Crippen molar-refractivity contribution >= 4 is 15.7 Å². The average Bonchev–Trinajstić information content (AvgIpc) is 3.31. The average molecular weight is 427 g/mol. The molecule has 2 aliphatic rings. The first-order chi connectivity index (χ1) is 14.3. The van der Waals surface area contributed by atoms with E-state index in [1.54, 1.807) is 11.9 Å². The first kappa shape index (κ1) is 21.1. The number of fused-ring (bicyclic) bond motifs is 1. The maximum absolute atomic E-state index is 13.2. The highest BCUT2D eigenvalue weighted by Crippen LogP contribution is 2.36. The van der Waals surface area contributed by atoms with Crippen molar-refractivity contribution in [3.05, 3.63) is 70.8 Å². The van der Waals surface area contributed by atoms with E-state index in [4.69, 9.17) is 0 Å². The van der Waals surface area contributed by atoms with Gasteiger partial charge in [-0.3, -0.25) is 9.69 Å². The number of benzene rings is 2. The first-order valence-corrected chi connectivity index (χ1v) is 12.5. The summed E-state index contributed by atoms with van der Waals surface area (Å²) < 4.78 is 23.7. The predicted octanol–water partition coefficient (Wildman–Crippen LogP) is 3.13. The number of carbonyl (C=O) groups is 1. The largest absolute Gasteiger partial charge is 0.341 e. The van der Waals surface area contributed by atoms with Gasteiger partial charge in [-0.05, 0) is 42.9 Å². The van der Waals surface area contributed by atoms with Crippen molar-refractivity contribution in [3.8, 4) is 0 Å². The smallest absolute Gasteiger partial charge is 0.236 e. The Morgan fingerprint density at radius 3 is 2.50 bits per heavy atom. The van der Waals surface area contributed by atoms with Gasteiger partial charge < -0.3 is 4.90 Å². The SMILES string of the molecule is Cc1ccc(CN(CC(=O)N(C)C2CCS(=O)(=O)C2)C2CCc3ccccc32)cc1. The van der Waals surface area contributed by atoms with Crippen LogP contribution in [0.4, 0.5) is 0 Å². The first-order valence-electron chi connectivity index (χ1n) is 10.7. The van der Waals surface area contributed by atoms with Gasteiger partial charge in [0.15, 0.2) is 9.84 Å². The highest BCUT2D eigenvalue weighted by Gasteiger charge is 2.35. The van der Waals surface area contributed by atoms with E-state index in [0.29, 0.717) is 19.5 Å². The number of carbonyl (C=O) groups excluding carboxylic acids is 1. The van der Waals surface area contributed by atoms with Gasteiger partial charge in [-0.1, -0.05) is 54.1 Å². The standard InChI is InChI=1S/C24H30N2O3S/c1-18-7-9-19(10-8-18)15-26(23-12-11-20-5-3-4-6-22(20)23)16-24(27)25(2)21-13-14-30(28,29)17-21/h3-10,21,23H,11-17H2,1-2H3. The van der Waals surface area contributed by atoms with E-state index in [2.05, 4.69) is 60.4 Å². The summed E-state index contributed by atoms with van der Waals surface area (Å²) in [4.78, 5) is 17.1. The van der Waals surface area contributed by atoms with Crippen LogP contribution in [0.3, 0.4) is 0 Å². The highest BCUT2D eigenvalue weighted by molar-refractivity contribution is 7.91. The molecular weight excluding hydrogens is 396 g/mol. The number of rotatable bonds is 6. The fourth-order valence-electron chi connectivity index (χ4n) is 4.69. The minimum atomic E-state index is -3.02. The predicted molar refractivity (Wildman–Crippen MR) is 119 cm³/mol. The summed E-state index contributed by atoms with van der Waals surface area (Å²) in [5.74, 6) is 0.256. The molecule has 2 unspecified atom stereocenters. The molecular formula is C24H30N2O3S. The number of aryl methyl sites for hydroxylation is 2. The molecule has 0 saturated carbocycles. The Bertz CT molecular complexity index is 1020. The Kier molecular flexibility index (Phi) is 5.98. The molecule has 0 spiro atoms. The van der Waals surface area contributed by atoms with Crippen molar-refractivity contribution < 1.29 is 13.2 Å². The van der Waals surface area contributed by atoms with Gasteiger partial charge in [0.2, 0.25) is 5.91 Å². The molecule has 160 valence electrons. The molecule has 0 radical (unpaired) electrons. The number of nitrogens with zero attached hydrogens (tertiary/aromatic N) is 2. The molecule has 2 aromatic rings. The molecule has 2 aromatic carbocycles. The molecule has 2 atom stereocenters. The fourth-order valence-corrected chi connectivity index (χ4v) is 6.46. The summed E-state index contributed by atoms with van der Waals surface area (Å²) in [7, 11) is -1.27. The van der Waals surface area contributed by atoms with Crippen LogP contribution >= 0.6 is 0 Å². The molecule has 0 bridgehead atoms. The Hall–Kier alpha value is -2.18. The van der Waals surface area contributed by atoms with Gasteiger partial charge in [0.25, 0.3) is 0 Å². The zero-order chi connectivity index (χ0) is 21.3. The van der Waals surface area contributed by atoms with Gasteiger partial charge in [0, 0.05) is 25.7 Å². The van der Waals surface area contributed by atoms with Crippen molar-refractivity contribution in [2.24, 2.45) is 0 Å². The van der Waals surface area contributed by atoms with Gasteiger partial charge in [-0.25, -0.2) is 8.42 Å². The van der Waals surface area contributed by atoms with Crippen LogP contribution in [0.2, 0.25) is 0 Å². The molecule has 1 heterocycles. The number of hydrogen-bond donors (Lipinski definition) is 0. The van der Waals surface area contributed by atoms with Crippen molar-refractivity contribution in [1.82, 2.24) is 9.80 Å². The molecule has 6 heteroatoms. The van der Waals surface area contributed by atoms with Crippen LogP contribution < -0.4 is 0 Å². The lowest BCUT2D eigenvalue weighted by Gasteiger charge is -2.32. The van der Waals surface area contributed by atoms with Crippen LogP contribution in [-0.2, 0) is 27.6 Å². The zero-order valence-corrected chi connectivity index (χ0v) is 18.6. The summed E-state index contributed by atoms with van der Waals surface area (Å²) >= 11 is 0. The molecule has 30 heavy (non-hydrogen) atoms. The van der Waals surface area contributed by atoms with Crippen LogP contribution in [0.25, 0.3) is 0 Å². The van der Waals surface area contributed by atoms with Crippen LogP contribution in [0.1, 0.15) is 41.1 Å². The summed E-state index contributed by atoms with van der Waals surface area (Å²) in [5.41, 5.74) is 5.07. The van der Waals surface area contributed by atoms with E-state index >= 15 is 0 Å². The molecule has 1 aliphatic carbocycles. The maximum atomic E-state index is 13.2. The van der Waals surface area contributed by atoms with E-state index in [-0.39, 0.29) is 29.5 Å². The molecule has 1 saturated heterocycles. The zero-order valence-electron chi connectivity index (χ0n) is 17.8. The molecule has 4 rings (SSSR count). The third-order valence-electron chi connectivity index (χ3n) is 6.54. The van der Waals surface area contributed by atoms with E-state index in [9.17, 15) is 13.2 Å². The second kappa shape index (κ2) is 8.52. The van der Waals surface area contributed by atoms with Crippen LogP contribution in [0.5, 0.6) is 0 Å². The van der Waals surface area contributed by atoms with Gasteiger partial charge in [-0.15, -0.1) is 0 Å². The Morgan fingerprint density at radius 2 is 1.80 bits per heavy atom. The van der Waals surface area contributed by atoms with Crippen LogP contribution in [0.15, 0.2) is 48.5 Å². The summed E-state index contributed by atoms with van der Waals surface area (Å²) in [6.07, 6.45) is 2.56. The molecule has 0 N–H and O–H groups in total. The van der Waals surface area contributed by atoms with E-state index < -0.39 is 9.84 Å². The molecule has 0 aromatic heterocycles. The Morgan fingerprint density at radius 1 is 1.07 bits per heavy atom. The molecule has 1 aliphatic heterocycles. The molecule has 1 fully saturated rings. The van der Waals surface area contributed by atoms with Crippen LogP contribution in [0, 0.1) is 6.92 Å². The topological polar surface area (TPSA) is 57.7 Å². The summed E-state index contributed by atoms with van der Waals surface area (Å²) in [5, 5.41) is 0. The summed E-state index contributed by atoms with van der Waals surface area (Å²) in [6, 6.07) is 16.9. The summed E-state index contributed by atoms with van der Waals surface area (Å²) in [6.45, 7) is 3.06. The van der Waals surface area contributed by atoms with Gasteiger partial charge in [0.1, 0.15) is 0 Å². The van der Waals surface area contributed by atoms with Gasteiger partial charge in [0.05, 0.1) is 18.1 Å². The Labute approximate surface area is 179 Å². The second-order valence-corrected chi connectivity index (χ2v) is 10.9. The van der Waals surface area contributed by atoms with Crippen LogP contribution in [-0.4, -0.2) is 55.3 Å². The lowest BCUT2D eigenvalue weighted by Crippen LogP contribution is -2.44. The lowest BCUT2D eigenvalue weighted by atomic mass is 10.1. The minimum absolute atomic E-state index is 0.00593. The normalized spacial score (nSPS) is 22.2. The van der Waals surface area contributed by atoms with Gasteiger partial charge in [-0.2, -0.15) is 0 Å². The molecule has 1 amide bonds. The fraction of sp³-hybridized carbons (Fsp3) is 0.458. The number of hydrogen-bond acceptors (Lipinski definition) is 4. The van der Waals surface area contributed by atoms with Gasteiger partial charge >= 0.3 is 0 Å². The second-order valence-electron chi connectivity index (χ2n) is 8.71. The van der Waals surface area contributed by atoms with Crippen molar-refractivity contribution in [3.63, 3.8) is 0 Å². The third kappa shape index (κ3) is 4.60. The monoisotopic (exact) mass is 426 g/mol. The van der Waals surface area contributed by atoms with Crippen molar-refractivity contribution in [2.75, 3.05) is 25.1 Å². The minimum Gasteiger partial charge on any atom is -0.341 e. The number of likely N-dealkylation sites (N-methyl/N-ethyl adjacent to an activating group) is 1.